The van der Waals surface area contributed by atoms with E-state index in [1.54, 1.807) is 18.2 Å². The first-order valence-electron chi connectivity index (χ1n) is 4.35. The molecule has 0 atom stereocenters. The largest absolute Gasteiger partial charge is 0.325 e. The summed E-state index contributed by atoms with van der Waals surface area (Å²) in [4.78, 5) is 27.0. The molecule has 2 N–H and O–H groups in total. The molecule has 6 heteroatoms. The van der Waals surface area contributed by atoms with Gasteiger partial charge in [0, 0.05) is 15.7 Å². The zero-order valence-corrected chi connectivity index (χ0v) is 10.2. The smallest absolute Gasteiger partial charge is 0.313 e. The van der Waals surface area contributed by atoms with Gasteiger partial charge in [-0.3, -0.25) is 9.78 Å². The summed E-state index contributed by atoms with van der Waals surface area (Å²) in [5, 5.41) is 0.509. The minimum atomic E-state index is -0.533. The first kappa shape index (κ1) is 11.2. The fourth-order valence-corrected chi connectivity index (χ4v) is 2.19. The van der Waals surface area contributed by atoms with Crippen LogP contribution in [0.3, 0.4) is 0 Å². The van der Waals surface area contributed by atoms with E-state index >= 15 is 0 Å². The molecular formula is C10H6BrClN2O2. The van der Waals surface area contributed by atoms with Gasteiger partial charge in [-0.2, -0.15) is 0 Å². The third kappa shape index (κ3) is 2.25. The van der Waals surface area contributed by atoms with Crippen molar-refractivity contribution in [3.8, 4) is 11.1 Å². The highest BCUT2D eigenvalue weighted by atomic mass is 79.9. The van der Waals surface area contributed by atoms with Crippen LogP contribution in [0, 0.1) is 0 Å². The molecule has 0 saturated carbocycles. The molecule has 0 bridgehead atoms. The minimum absolute atomic E-state index is 0.364. The first-order valence-corrected chi connectivity index (χ1v) is 5.52. The Hall–Kier alpha value is -1.33. The molecule has 1 aromatic carbocycles. The van der Waals surface area contributed by atoms with Gasteiger partial charge in [-0.25, -0.2) is 4.79 Å². The maximum absolute atomic E-state index is 11.5. The van der Waals surface area contributed by atoms with Gasteiger partial charge in [0.25, 0.3) is 5.56 Å². The summed E-state index contributed by atoms with van der Waals surface area (Å²) >= 11 is 9.15. The molecule has 0 saturated heterocycles. The van der Waals surface area contributed by atoms with Crippen LogP contribution in [0.2, 0.25) is 5.02 Å². The van der Waals surface area contributed by atoms with Gasteiger partial charge in [0.1, 0.15) is 0 Å². The summed E-state index contributed by atoms with van der Waals surface area (Å²) in [6, 6.07) is 5.11. The maximum Gasteiger partial charge on any atom is 0.325 e. The van der Waals surface area contributed by atoms with Gasteiger partial charge in [0.15, 0.2) is 0 Å². The highest BCUT2D eigenvalue weighted by Gasteiger charge is 2.05. The molecule has 0 radical (unpaired) electrons. The minimum Gasteiger partial charge on any atom is -0.313 e. The molecule has 2 aromatic rings. The van der Waals surface area contributed by atoms with Crippen LogP contribution in [0.1, 0.15) is 0 Å². The van der Waals surface area contributed by atoms with Crippen molar-refractivity contribution in [2.24, 2.45) is 0 Å². The first-order chi connectivity index (χ1) is 7.56. The van der Waals surface area contributed by atoms with Crippen molar-refractivity contribution in [3.63, 3.8) is 0 Å². The average molecular weight is 302 g/mol. The summed E-state index contributed by atoms with van der Waals surface area (Å²) in [5.74, 6) is 0. The van der Waals surface area contributed by atoms with E-state index in [1.807, 2.05) is 0 Å². The standard InChI is InChI=1S/C10H6BrClN2O2/c11-6-1-5(2-7(12)3-6)8-4-13-10(16)14-9(8)15/h1-4H,(H2,13,14,15,16). The number of H-pyrrole nitrogens is 2. The summed E-state index contributed by atoms with van der Waals surface area (Å²) in [5.41, 5.74) is 0.0208. The van der Waals surface area contributed by atoms with Gasteiger partial charge in [-0.05, 0) is 23.8 Å². The van der Waals surface area contributed by atoms with Crippen molar-refractivity contribution >= 4 is 27.5 Å². The third-order valence-corrected chi connectivity index (χ3v) is 2.67. The Labute approximate surface area is 103 Å². The van der Waals surface area contributed by atoms with E-state index in [0.717, 1.165) is 4.47 Å². The zero-order chi connectivity index (χ0) is 11.7. The monoisotopic (exact) mass is 300 g/mol. The summed E-state index contributed by atoms with van der Waals surface area (Å²) in [7, 11) is 0. The molecular weight excluding hydrogens is 295 g/mol. The number of hydrogen-bond acceptors (Lipinski definition) is 2. The molecule has 0 fully saturated rings. The maximum atomic E-state index is 11.5. The zero-order valence-electron chi connectivity index (χ0n) is 7.88. The van der Waals surface area contributed by atoms with Crippen LogP contribution in [0.25, 0.3) is 11.1 Å². The molecule has 1 heterocycles. The lowest BCUT2D eigenvalue weighted by atomic mass is 10.1. The van der Waals surface area contributed by atoms with E-state index in [2.05, 4.69) is 25.9 Å². The van der Waals surface area contributed by atoms with Crippen molar-refractivity contribution in [2.45, 2.75) is 0 Å². The van der Waals surface area contributed by atoms with Crippen LogP contribution in [-0.4, -0.2) is 9.97 Å². The quantitative estimate of drug-likeness (QED) is 0.847. The number of halogens is 2. The highest BCUT2D eigenvalue weighted by Crippen LogP contribution is 2.24. The van der Waals surface area contributed by atoms with E-state index in [-0.39, 0.29) is 0 Å². The number of benzene rings is 1. The van der Waals surface area contributed by atoms with E-state index < -0.39 is 11.2 Å². The second kappa shape index (κ2) is 4.27. The van der Waals surface area contributed by atoms with Crippen LogP contribution in [0.5, 0.6) is 0 Å². The molecule has 0 aliphatic carbocycles. The molecule has 1 aromatic heterocycles. The summed E-state index contributed by atoms with van der Waals surface area (Å²) in [6.45, 7) is 0. The van der Waals surface area contributed by atoms with Gasteiger partial charge >= 0.3 is 5.69 Å². The molecule has 0 aliphatic heterocycles. The molecule has 82 valence electrons. The Kier molecular flexibility index (Phi) is 2.98. The normalized spacial score (nSPS) is 10.4. The molecule has 0 amide bonds. The van der Waals surface area contributed by atoms with Crippen LogP contribution < -0.4 is 11.2 Å². The molecule has 0 aliphatic rings. The second-order valence-electron chi connectivity index (χ2n) is 3.14. The Bertz CT molecular complexity index is 628. The second-order valence-corrected chi connectivity index (χ2v) is 4.50. The van der Waals surface area contributed by atoms with E-state index in [9.17, 15) is 9.59 Å². The predicted octanol–water partition coefficient (Wildman–Crippen LogP) is 2.15. The van der Waals surface area contributed by atoms with Crippen LogP contribution in [-0.2, 0) is 0 Å². The summed E-state index contributed by atoms with van der Waals surface area (Å²) in [6.07, 6.45) is 1.36. The van der Waals surface area contributed by atoms with Crippen LogP contribution in [0.4, 0.5) is 0 Å². The molecule has 4 nitrogen and oxygen atoms in total. The lowest BCUT2D eigenvalue weighted by Crippen LogP contribution is -2.22. The fraction of sp³-hybridized carbons (Fsp3) is 0. The van der Waals surface area contributed by atoms with Crippen LogP contribution >= 0.6 is 27.5 Å². The van der Waals surface area contributed by atoms with E-state index in [0.29, 0.717) is 16.1 Å². The number of rotatable bonds is 1. The third-order valence-electron chi connectivity index (χ3n) is 1.99. The highest BCUT2D eigenvalue weighted by molar-refractivity contribution is 9.10. The van der Waals surface area contributed by atoms with Gasteiger partial charge < -0.3 is 4.98 Å². The van der Waals surface area contributed by atoms with E-state index in [1.165, 1.54) is 6.20 Å². The van der Waals surface area contributed by atoms with Crippen LogP contribution in [0.15, 0.2) is 38.5 Å². The Morgan fingerprint density at radius 1 is 1.19 bits per heavy atom. The molecule has 0 unspecified atom stereocenters. The van der Waals surface area contributed by atoms with Crippen molar-refractivity contribution in [1.29, 1.82) is 0 Å². The number of aromatic amines is 2. The van der Waals surface area contributed by atoms with Gasteiger partial charge in [-0.15, -0.1) is 0 Å². The lowest BCUT2D eigenvalue weighted by molar-refractivity contribution is 1.04. The van der Waals surface area contributed by atoms with Crippen molar-refractivity contribution in [3.05, 3.63) is 54.7 Å². The molecule has 2 rings (SSSR count). The van der Waals surface area contributed by atoms with Crippen molar-refractivity contribution < 1.29 is 0 Å². The van der Waals surface area contributed by atoms with Gasteiger partial charge in [-0.1, -0.05) is 27.5 Å². The number of nitrogens with one attached hydrogen (secondary N) is 2. The molecule has 0 spiro atoms. The Morgan fingerprint density at radius 3 is 2.56 bits per heavy atom. The number of aromatic nitrogens is 2. The lowest BCUT2D eigenvalue weighted by Gasteiger charge is -2.01. The van der Waals surface area contributed by atoms with E-state index in [4.69, 9.17) is 11.6 Å². The molecule has 16 heavy (non-hydrogen) atoms. The summed E-state index contributed by atoms with van der Waals surface area (Å²) < 4.78 is 0.764. The average Bonchev–Trinajstić information content (AvgIpc) is 2.15. The van der Waals surface area contributed by atoms with Gasteiger partial charge in [0.2, 0.25) is 0 Å². The van der Waals surface area contributed by atoms with Crippen molar-refractivity contribution in [1.82, 2.24) is 9.97 Å². The Morgan fingerprint density at radius 2 is 1.94 bits per heavy atom. The number of hydrogen-bond donors (Lipinski definition) is 2. The van der Waals surface area contributed by atoms with Gasteiger partial charge in [0.05, 0.1) is 5.56 Å². The van der Waals surface area contributed by atoms with Crippen molar-refractivity contribution in [2.75, 3.05) is 0 Å². The SMILES string of the molecule is O=c1[nH]cc(-c2cc(Cl)cc(Br)c2)c(=O)[nH]1. The fourth-order valence-electron chi connectivity index (χ4n) is 1.33. The predicted molar refractivity (Wildman–Crippen MR) is 65.8 cm³/mol. The Balaban J connectivity index is 2.67. The topological polar surface area (TPSA) is 65.7 Å².